The molecule has 0 N–H and O–H groups in total. The number of fused-ring (bicyclic) bond motifs is 1. The van der Waals surface area contributed by atoms with Gasteiger partial charge in [0.15, 0.2) is 0 Å². The fourth-order valence-corrected chi connectivity index (χ4v) is 4.07. The second-order valence-electron chi connectivity index (χ2n) is 8.01. The van der Waals surface area contributed by atoms with Crippen molar-refractivity contribution in [3.63, 3.8) is 0 Å². The van der Waals surface area contributed by atoms with Crippen LogP contribution in [-0.2, 0) is 6.54 Å². The van der Waals surface area contributed by atoms with Crippen LogP contribution in [0.5, 0.6) is 5.75 Å². The summed E-state index contributed by atoms with van der Waals surface area (Å²) >= 11 is 0. The molecule has 1 aliphatic heterocycles. The number of aromatic nitrogens is 2. The van der Waals surface area contributed by atoms with Gasteiger partial charge >= 0.3 is 0 Å². The Kier molecular flexibility index (Phi) is 4.34. The van der Waals surface area contributed by atoms with Crippen LogP contribution in [0.2, 0.25) is 0 Å². The number of aryl methyl sites for hydroxylation is 1. The molecule has 0 spiro atoms. The van der Waals surface area contributed by atoms with Gasteiger partial charge in [0.1, 0.15) is 23.2 Å². The van der Waals surface area contributed by atoms with Crippen molar-refractivity contribution in [3.8, 4) is 5.75 Å². The van der Waals surface area contributed by atoms with Gasteiger partial charge in [0, 0.05) is 44.1 Å². The van der Waals surface area contributed by atoms with E-state index < -0.39 is 0 Å². The quantitative estimate of drug-likeness (QED) is 0.671. The van der Waals surface area contributed by atoms with Crippen LogP contribution in [0.1, 0.15) is 41.8 Å². The summed E-state index contributed by atoms with van der Waals surface area (Å²) in [5.74, 6) is 2.37. The molecule has 2 aliphatic rings. The maximum Gasteiger partial charge on any atom is 0.259 e. The highest BCUT2D eigenvalue weighted by molar-refractivity contribution is 5.94. The van der Waals surface area contributed by atoms with Crippen molar-refractivity contribution in [2.45, 2.75) is 45.3 Å². The van der Waals surface area contributed by atoms with Crippen molar-refractivity contribution in [3.05, 3.63) is 48.0 Å². The Bertz CT molecular complexity index is 994. The molecule has 1 saturated heterocycles. The number of benzene rings is 1. The van der Waals surface area contributed by atoms with Gasteiger partial charge in [-0.2, -0.15) is 0 Å². The number of nitrogens with zero attached hydrogens (tertiary/aromatic N) is 3. The van der Waals surface area contributed by atoms with E-state index in [0.29, 0.717) is 24.4 Å². The first-order chi connectivity index (χ1) is 13.7. The highest BCUT2D eigenvalue weighted by Crippen LogP contribution is 2.34. The standard InChI is InChI=1S/C22H25N3O3/c1-15-19(13-23-28-15)22(26)24-10-7-17(8-11-24)27-21-4-2-3-20-18(21)9-12-25(20)14-16-5-6-16/h2-4,9,12-13,16-17H,5-8,10-11,14H2,1H3. The molecule has 1 aliphatic carbocycles. The molecule has 3 heterocycles. The van der Waals surface area contributed by atoms with Crippen LogP contribution in [0, 0.1) is 12.8 Å². The molecule has 1 aromatic carbocycles. The van der Waals surface area contributed by atoms with Crippen LogP contribution in [0.15, 0.2) is 41.2 Å². The van der Waals surface area contributed by atoms with Gasteiger partial charge < -0.3 is 18.7 Å². The molecule has 6 nitrogen and oxygen atoms in total. The Morgan fingerprint density at radius 1 is 1.21 bits per heavy atom. The summed E-state index contributed by atoms with van der Waals surface area (Å²) in [5, 5.41) is 4.89. The zero-order valence-corrected chi connectivity index (χ0v) is 16.1. The van der Waals surface area contributed by atoms with E-state index >= 15 is 0 Å². The topological polar surface area (TPSA) is 60.5 Å². The van der Waals surface area contributed by atoms with Crippen molar-refractivity contribution < 1.29 is 14.1 Å². The second kappa shape index (κ2) is 7.00. The summed E-state index contributed by atoms with van der Waals surface area (Å²) in [7, 11) is 0. The summed E-state index contributed by atoms with van der Waals surface area (Å²) in [5.41, 5.74) is 1.81. The normalized spacial score (nSPS) is 18.0. The highest BCUT2D eigenvalue weighted by Gasteiger charge is 2.27. The Morgan fingerprint density at radius 3 is 2.75 bits per heavy atom. The maximum atomic E-state index is 12.6. The summed E-state index contributed by atoms with van der Waals surface area (Å²) in [6.07, 6.45) is 8.17. The Morgan fingerprint density at radius 2 is 2.04 bits per heavy atom. The van der Waals surface area contributed by atoms with E-state index in [1.54, 1.807) is 6.92 Å². The molecule has 0 radical (unpaired) electrons. The molecule has 0 atom stereocenters. The van der Waals surface area contributed by atoms with Gasteiger partial charge in [-0.15, -0.1) is 0 Å². The monoisotopic (exact) mass is 379 g/mol. The number of amides is 1. The Balaban J connectivity index is 1.25. The largest absolute Gasteiger partial charge is 0.490 e. The predicted octanol–water partition coefficient (Wildman–Crippen LogP) is 4.03. The van der Waals surface area contributed by atoms with Crippen LogP contribution in [0.25, 0.3) is 10.9 Å². The van der Waals surface area contributed by atoms with E-state index in [9.17, 15) is 4.79 Å². The second-order valence-corrected chi connectivity index (χ2v) is 8.01. The average Bonchev–Trinajstić information content (AvgIpc) is 3.27. The van der Waals surface area contributed by atoms with Crippen LogP contribution < -0.4 is 4.74 Å². The van der Waals surface area contributed by atoms with Crippen molar-refractivity contribution in [2.75, 3.05) is 13.1 Å². The highest BCUT2D eigenvalue weighted by atomic mass is 16.5. The molecule has 1 amide bonds. The lowest BCUT2D eigenvalue weighted by atomic mass is 10.1. The van der Waals surface area contributed by atoms with E-state index in [0.717, 1.165) is 31.1 Å². The lowest BCUT2D eigenvalue weighted by molar-refractivity contribution is 0.0596. The first-order valence-electron chi connectivity index (χ1n) is 10.1. The number of carbonyl (C=O) groups is 1. The van der Waals surface area contributed by atoms with Crippen molar-refractivity contribution in [1.29, 1.82) is 0 Å². The summed E-state index contributed by atoms with van der Waals surface area (Å²) in [6.45, 7) is 4.25. The zero-order valence-electron chi connectivity index (χ0n) is 16.1. The van der Waals surface area contributed by atoms with E-state index in [1.807, 2.05) is 4.90 Å². The molecule has 0 bridgehead atoms. The number of likely N-dealkylation sites (tertiary alicyclic amines) is 1. The smallest absolute Gasteiger partial charge is 0.259 e. The Hall–Kier alpha value is -2.76. The third-order valence-corrected chi connectivity index (χ3v) is 5.93. The van der Waals surface area contributed by atoms with E-state index in [1.165, 1.54) is 29.9 Å². The maximum absolute atomic E-state index is 12.6. The van der Waals surface area contributed by atoms with Gasteiger partial charge in [0.05, 0.1) is 11.7 Å². The number of hydrogen-bond acceptors (Lipinski definition) is 4. The number of hydrogen-bond donors (Lipinski definition) is 0. The average molecular weight is 379 g/mol. The SMILES string of the molecule is Cc1oncc1C(=O)N1CCC(Oc2cccc3c2ccn3CC2CC2)CC1. The zero-order chi connectivity index (χ0) is 19.1. The van der Waals surface area contributed by atoms with Crippen LogP contribution in [0.4, 0.5) is 0 Å². The van der Waals surface area contributed by atoms with E-state index in [2.05, 4.69) is 40.2 Å². The molecular weight excluding hydrogens is 354 g/mol. The first kappa shape index (κ1) is 17.3. The third kappa shape index (κ3) is 3.28. The van der Waals surface area contributed by atoms with Gasteiger partial charge in [0.25, 0.3) is 5.91 Å². The summed E-state index contributed by atoms with van der Waals surface area (Å²) in [6, 6.07) is 8.48. The molecule has 28 heavy (non-hydrogen) atoms. The minimum Gasteiger partial charge on any atom is -0.490 e. The molecule has 0 unspecified atom stereocenters. The van der Waals surface area contributed by atoms with Gasteiger partial charge in [-0.3, -0.25) is 4.79 Å². The van der Waals surface area contributed by atoms with Crippen molar-refractivity contribution in [2.24, 2.45) is 5.92 Å². The lowest BCUT2D eigenvalue weighted by Crippen LogP contribution is -2.41. The molecule has 1 saturated carbocycles. The lowest BCUT2D eigenvalue weighted by Gasteiger charge is -2.32. The summed E-state index contributed by atoms with van der Waals surface area (Å²) in [4.78, 5) is 14.5. The van der Waals surface area contributed by atoms with Gasteiger partial charge in [-0.25, -0.2) is 0 Å². The first-order valence-corrected chi connectivity index (χ1v) is 10.1. The van der Waals surface area contributed by atoms with Gasteiger partial charge in [-0.05, 0) is 43.9 Å². The van der Waals surface area contributed by atoms with Crippen molar-refractivity contribution in [1.82, 2.24) is 14.6 Å². The summed E-state index contributed by atoms with van der Waals surface area (Å²) < 4.78 is 13.7. The van der Waals surface area contributed by atoms with Crippen LogP contribution >= 0.6 is 0 Å². The number of rotatable bonds is 5. The molecule has 5 rings (SSSR count). The van der Waals surface area contributed by atoms with Gasteiger partial charge in [-0.1, -0.05) is 11.2 Å². The minimum atomic E-state index is -0.00328. The van der Waals surface area contributed by atoms with Crippen LogP contribution in [-0.4, -0.2) is 39.7 Å². The molecule has 2 aromatic heterocycles. The molecule has 3 aromatic rings. The van der Waals surface area contributed by atoms with Crippen molar-refractivity contribution >= 4 is 16.8 Å². The Labute approximate surface area is 164 Å². The van der Waals surface area contributed by atoms with Crippen LogP contribution in [0.3, 0.4) is 0 Å². The van der Waals surface area contributed by atoms with E-state index in [-0.39, 0.29) is 12.0 Å². The number of carbonyl (C=O) groups excluding carboxylic acids is 1. The molecule has 2 fully saturated rings. The minimum absolute atomic E-state index is 0.00328. The molecule has 6 heteroatoms. The fourth-order valence-electron chi connectivity index (χ4n) is 4.07. The third-order valence-electron chi connectivity index (χ3n) is 5.93. The predicted molar refractivity (Wildman–Crippen MR) is 105 cm³/mol. The van der Waals surface area contributed by atoms with E-state index in [4.69, 9.17) is 9.26 Å². The number of ether oxygens (including phenoxy) is 1. The number of piperidine rings is 1. The molecule has 146 valence electrons. The molecular formula is C22H25N3O3. The fraction of sp³-hybridized carbons (Fsp3) is 0.455. The van der Waals surface area contributed by atoms with Gasteiger partial charge in [0.2, 0.25) is 0 Å².